The number of nitrogens with zero attached hydrogens (tertiary/aromatic N) is 6. The van der Waals surface area contributed by atoms with Gasteiger partial charge in [-0.05, 0) is 12.3 Å². The molecule has 0 amide bonds. The number of aliphatic hydroxyl groups is 3. The summed E-state index contributed by atoms with van der Waals surface area (Å²) in [5.41, 5.74) is 7.61. The third kappa shape index (κ3) is 3.85. The Balaban J connectivity index is 1.40. The average molecular weight is 444 g/mol. The van der Waals surface area contributed by atoms with E-state index >= 15 is 0 Å². The molecular formula is C21H29N7O4. The van der Waals surface area contributed by atoms with Crippen molar-refractivity contribution in [3.05, 3.63) is 18.7 Å². The fourth-order valence-electron chi connectivity index (χ4n) is 4.76. The Morgan fingerprint density at radius 2 is 1.94 bits per heavy atom. The summed E-state index contributed by atoms with van der Waals surface area (Å²) in [5, 5.41) is 34.3. The Morgan fingerprint density at radius 1 is 1.12 bits per heavy atom. The van der Waals surface area contributed by atoms with Crippen LogP contribution in [0.3, 0.4) is 0 Å². The maximum absolute atomic E-state index is 10.4. The minimum Gasteiger partial charge on any atom is -0.394 e. The van der Waals surface area contributed by atoms with Crippen LogP contribution in [0, 0.1) is 5.92 Å². The fraction of sp³-hybridized carbons (Fsp3) is 0.619. The minimum absolute atomic E-state index is 0.199. The smallest absolute Gasteiger partial charge is 0.168 e. The van der Waals surface area contributed by atoms with Crippen molar-refractivity contribution < 1.29 is 20.1 Å². The Kier molecular flexibility index (Phi) is 5.80. The predicted octanol–water partition coefficient (Wildman–Crippen LogP) is 0.854. The molecular weight excluding hydrogens is 414 g/mol. The van der Waals surface area contributed by atoms with E-state index in [2.05, 4.69) is 20.1 Å². The average Bonchev–Trinajstić information content (AvgIpc) is 3.52. The van der Waals surface area contributed by atoms with Crippen molar-refractivity contribution in [2.45, 2.75) is 69.6 Å². The molecule has 1 saturated carbocycles. The molecule has 4 heterocycles. The molecule has 172 valence electrons. The van der Waals surface area contributed by atoms with Crippen molar-refractivity contribution >= 4 is 17.0 Å². The molecule has 5 N–H and O–H groups in total. The summed E-state index contributed by atoms with van der Waals surface area (Å²) >= 11 is 0. The first-order valence-electron chi connectivity index (χ1n) is 11.2. The predicted molar refractivity (Wildman–Crippen MR) is 115 cm³/mol. The maximum Gasteiger partial charge on any atom is 0.168 e. The van der Waals surface area contributed by atoms with Crippen LogP contribution in [0.1, 0.15) is 44.8 Å². The molecule has 11 nitrogen and oxygen atoms in total. The summed E-state index contributed by atoms with van der Waals surface area (Å²) in [6.45, 7) is 0.437. The molecule has 2 fully saturated rings. The molecule has 0 aromatic carbocycles. The maximum atomic E-state index is 10.4. The molecule has 1 saturated heterocycles. The first-order chi connectivity index (χ1) is 15.5. The quantitative estimate of drug-likeness (QED) is 0.433. The number of aromatic nitrogens is 6. The zero-order chi connectivity index (χ0) is 22.2. The summed E-state index contributed by atoms with van der Waals surface area (Å²) in [4.78, 5) is 13.2. The minimum atomic E-state index is -1.24. The van der Waals surface area contributed by atoms with Crippen LogP contribution in [0.25, 0.3) is 22.6 Å². The van der Waals surface area contributed by atoms with E-state index in [0.717, 1.165) is 24.4 Å². The van der Waals surface area contributed by atoms with Crippen LogP contribution in [0.4, 0.5) is 5.82 Å². The molecule has 5 rings (SSSR count). The highest BCUT2D eigenvalue weighted by molar-refractivity contribution is 5.83. The van der Waals surface area contributed by atoms with Crippen molar-refractivity contribution in [2.75, 3.05) is 12.3 Å². The van der Waals surface area contributed by atoms with Gasteiger partial charge in [-0.1, -0.05) is 32.1 Å². The molecule has 3 aromatic rings. The number of anilines is 1. The second-order valence-electron chi connectivity index (χ2n) is 8.77. The summed E-state index contributed by atoms with van der Waals surface area (Å²) in [6, 6.07) is 0. The Hall–Kier alpha value is -2.60. The van der Waals surface area contributed by atoms with Gasteiger partial charge in [-0.25, -0.2) is 15.0 Å². The highest BCUT2D eigenvalue weighted by Crippen LogP contribution is 2.33. The van der Waals surface area contributed by atoms with Crippen LogP contribution in [-0.2, 0) is 11.3 Å². The first kappa shape index (κ1) is 21.3. The Labute approximate surface area is 184 Å². The number of rotatable bonds is 6. The van der Waals surface area contributed by atoms with Gasteiger partial charge in [0.05, 0.1) is 24.7 Å². The summed E-state index contributed by atoms with van der Waals surface area (Å²) in [7, 11) is 0. The number of aryl methyl sites for hydroxylation is 1. The zero-order valence-electron chi connectivity index (χ0n) is 17.8. The number of nitrogen functional groups attached to an aromatic ring is 1. The van der Waals surface area contributed by atoms with Crippen LogP contribution >= 0.6 is 0 Å². The lowest BCUT2D eigenvalue weighted by molar-refractivity contribution is -0.0511. The van der Waals surface area contributed by atoms with Crippen LogP contribution in [0.5, 0.6) is 0 Å². The SMILES string of the molecule is Nc1nc(-c2cnn(CCC3CCCCC3)c2)nc2c1ncn2C1OC(CO)C(O)C1O. The van der Waals surface area contributed by atoms with Gasteiger partial charge in [-0.2, -0.15) is 5.10 Å². The second-order valence-corrected chi connectivity index (χ2v) is 8.77. The van der Waals surface area contributed by atoms with E-state index in [4.69, 9.17) is 10.5 Å². The van der Waals surface area contributed by atoms with E-state index in [1.807, 2.05) is 10.9 Å². The molecule has 3 aromatic heterocycles. The molecule has 32 heavy (non-hydrogen) atoms. The van der Waals surface area contributed by atoms with E-state index in [-0.39, 0.29) is 5.82 Å². The molecule has 0 spiro atoms. The molecule has 4 atom stereocenters. The Morgan fingerprint density at radius 3 is 2.69 bits per heavy atom. The highest BCUT2D eigenvalue weighted by Gasteiger charge is 2.44. The largest absolute Gasteiger partial charge is 0.394 e. The first-order valence-corrected chi connectivity index (χ1v) is 11.2. The van der Waals surface area contributed by atoms with E-state index in [9.17, 15) is 15.3 Å². The lowest BCUT2D eigenvalue weighted by Gasteiger charge is -2.21. The topological polar surface area (TPSA) is 157 Å². The van der Waals surface area contributed by atoms with E-state index in [1.54, 1.807) is 6.20 Å². The molecule has 0 bridgehead atoms. The zero-order valence-corrected chi connectivity index (χ0v) is 17.8. The molecule has 1 aliphatic carbocycles. The number of hydrogen-bond acceptors (Lipinski definition) is 9. The number of hydrogen-bond donors (Lipinski definition) is 4. The van der Waals surface area contributed by atoms with Crippen LogP contribution in [0.2, 0.25) is 0 Å². The lowest BCUT2D eigenvalue weighted by Crippen LogP contribution is -2.33. The van der Waals surface area contributed by atoms with Gasteiger partial charge in [0, 0.05) is 12.7 Å². The fourth-order valence-corrected chi connectivity index (χ4v) is 4.76. The number of aliphatic hydroxyl groups excluding tert-OH is 3. The van der Waals surface area contributed by atoms with Gasteiger partial charge in [0.15, 0.2) is 23.5 Å². The Bertz CT molecular complexity index is 1080. The molecule has 4 unspecified atom stereocenters. The van der Waals surface area contributed by atoms with Gasteiger partial charge < -0.3 is 25.8 Å². The normalized spacial score (nSPS) is 26.8. The molecule has 11 heteroatoms. The van der Waals surface area contributed by atoms with Crippen LogP contribution in [-0.4, -0.2) is 69.5 Å². The van der Waals surface area contributed by atoms with Gasteiger partial charge in [-0.15, -0.1) is 0 Å². The van der Waals surface area contributed by atoms with Gasteiger partial charge in [0.1, 0.15) is 23.8 Å². The summed E-state index contributed by atoms with van der Waals surface area (Å²) < 4.78 is 9.04. The summed E-state index contributed by atoms with van der Waals surface area (Å²) in [6.07, 6.45) is 8.47. The van der Waals surface area contributed by atoms with E-state index < -0.39 is 31.1 Å². The highest BCUT2D eigenvalue weighted by atomic mass is 16.6. The van der Waals surface area contributed by atoms with Crippen molar-refractivity contribution in [3.8, 4) is 11.4 Å². The number of nitrogens with two attached hydrogens (primary N) is 1. The van der Waals surface area contributed by atoms with Crippen molar-refractivity contribution in [1.82, 2.24) is 29.3 Å². The van der Waals surface area contributed by atoms with E-state index in [1.165, 1.54) is 43.0 Å². The van der Waals surface area contributed by atoms with Gasteiger partial charge in [-0.3, -0.25) is 9.25 Å². The number of fused-ring (bicyclic) bond motifs is 1. The lowest BCUT2D eigenvalue weighted by atomic mass is 9.87. The monoisotopic (exact) mass is 443 g/mol. The molecule has 1 aliphatic heterocycles. The van der Waals surface area contributed by atoms with Crippen molar-refractivity contribution in [3.63, 3.8) is 0 Å². The van der Waals surface area contributed by atoms with Crippen molar-refractivity contribution in [1.29, 1.82) is 0 Å². The number of imidazole rings is 1. The van der Waals surface area contributed by atoms with Crippen LogP contribution < -0.4 is 5.73 Å². The van der Waals surface area contributed by atoms with Gasteiger partial charge in [0.2, 0.25) is 0 Å². The van der Waals surface area contributed by atoms with Gasteiger partial charge in [0.25, 0.3) is 0 Å². The summed E-state index contributed by atoms with van der Waals surface area (Å²) in [5.74, 6) is 1.36. The number of ether oxygens (including phenoxy) is 1. The second kappa shape index (κ2) is 8.74. The third-order valence-electron chi connectivity index (χ3n) is 6.62. The van der Waals surface area contributed by atoms with E-state index in [0.29, 0.717) is 17.0 Å². The van der Waals surface area contributed by atoms with Crippen LogP contribution in [0.15, 0.2) is 18.7 Å². The molecule has 0 radical (unpaired) electrons. The molecule has 2 aliphatic rings. The van der Waals surface area contributed by atoms with Gasteiger partial charge >= 0.3 is 0 Å². The van der Waals surface area contributed by atoms with Crippen molar-refractivity contribution in [2.24, 2.45) is 5.92 Å². The third-order valence-corrected chi connectivity index (χ3v) is 6.62. The standard InChI is InChI=1S/C21H29N7O4/c22-18-15-20(28(11-23-15)21-17(31)16(30)14(10-29)32-21)26-19(25-18)13-8-24-27(9-13)7-6-12-4-2-1-3-5-12/h8-9,11-12,14,16-17,21,29-31H,1-7,10H2,(H2,22,25,26).